The molecule has 0 aliphatic carbocycles. The lowest BCUT2D eigenvalue weighted by atomic mass is 9.79. The average molecular weight is 346 g/mol. The number of carbonyl (C=O) groups excluding carboxylic acids is 1. The number of amides is 1. The molecule has 25 heavy (non-hydrogen) atoms. The maximum atomic E-state index is 12.7. The number of piperidine rings is 1. The molecule has 0 radical (unpaired) electrons. The van der Waals surface area contributed by atoms with E-state index in [-0.39, 0.29) is 5.91 Å². The van der Waals surface area contributed by atoms with Gasteiger partial charge in [-0.1, -0.05) is 0 Å². The Morgan fingerprint density at radius 3 is 2.28 bits per heavy atom. The van der Waals surface area contributed by atoms with Crippen LogP contribution in [0.2, 0.25) is 0 Å². The van der Waals surface area contributed by atoms with Gasteiger partial charge in [-0.3, -0.25) is 9.69 Å². The number of hydrogen-bond acceptors (Lipinski definition) is 4. The van der Waals surface area contributed by atoms with Crippen LogP contribution in [0.4, 0.5) is 0 Å². The Bertz CT molecular complexity index is 579. The minimum absolute atomic E-state index is 0.124. The first-order valence-corrected chi connectivity index (χ1v) is 9.27. The van der Waals surface area contributed by atoms with E-state index in [4.69, 9.17) is 9.47 Å². The van der Waals surface area contributed by atoms with Gasteiger partial charge in [0.05, 0.1) is 13.2 Å². The standard InChI is InChI=1S/C20H30N2O3/c1-14(2)22-13-18(25-4)19(22)15-9-11-21(12-10-15)20(23)16-5-7-17(24-3)8-6-16/h5-8,14-15,18-19H,9-13H2,1-4H3/t18-,19-/m0/s1. The molecule has 1 aromatic rings. The number of carbonyl (C=O) groups is 1. The second-order valence-corrected chi connectivity index (χ2v) is 7.41. The molecule has 3 rings (SSSR count). The zero-order chi connectivity index (χ0) is 18.0. The lowest BCUT2D eigenvalue weighted by Gasteiger charge is -2.54. The Labute approximate surface area is 150 Å². The summed E-state index contributed by atoms with van der Waals surface area (Å²) < 4.78 is 10.8. The van der Waals surface area contributed by atoms with Gasteiger partial charge in [-0.25, -0.2) is 0 Å². The van der Waals surface area contributed by atoms with Crippen molar-refractivity contribution in [2.75, 3.05) is 33.9 Å². The average Bonchev–Trinajstić information content (AvgIpc) is 2.61. The monoisotopic (exact) mass is 346 g/mol. The summed E-state index contributed by atoms with van der Waals surface area (Å²) in [6.45, 7) is 7.19. The van der Waals surface area contributed by atoms with E-state index in [2.05, 4.69) is 18.7 Å². The molecule has 0 unspecified atom stereocenters. The van der Waals surface area contributed by atoms with E-state index in [1.165, 1.54) is 0 Å². The van der Waals surface area contributed by atoms with E-state index in [1.54, 1.807) is 7.11 Å². The minimum atomic E-state index is 0.124. The summed E-state index contributed by atoms with van der Waals surface area (Å²) in [5.41, 5.74) is 0.737. The molecule has 2 aliphatic rings. The number of benzene rings is 1. The van der Waals surface area contributed by atoms with Crippen molar-refractivity contribution in [3.63, 3.8) is 0 Å². The van der Waals surface area contributed by atoms with Crippen LogP contribution in [-0.2, 0) is 4.74 Å². The second-order valence-electron chi connectivity index (χ2n) is 7.41. The van der Waals surface area contributed by atoms with E-state index >= 15 is 0 Å². The highest BCUT2D eigenvalue weighted by Crippen LogP contribution is 2.35. The Kier molecular flexibility index (Phi) is 5.64. The molecule has 5 heteroatoms. The first kappa shape index (κ1) is 18.2. The molecule has 0 bridgehead atoms. The van der Waals surface area contributed by atoms with E-state index in [0.717, 1.165) is 43.8 Å². The van der Waals surface area contributed by atoms with E-state index in [1.807, 2.05) is 36.3 Å². The number of ether oxygens (including phenoxy) is 2. The van der Waals surface area contributed by atoms with Crippen LogP contribution in [0.15, 0.2) is 24.3 Å². The predicted molar refractivity (Wildman–Crippen MR) is 98.0 cm³/mol. The molecule has 2 fully saturated rings. The van der Waals surface area contributed by atoms with Crippen molar-refractivity contribution < 1.29 is 14.3 Å². The van der Waals surface area contributed by atoms with Crippen molar-refractivity contribution in [2.45, 2.75) is 44.9 Å². The molecule has 2 heterocycles. The summed E-state index contributed by atoms with van der Waals surface area (Å²) in [6, 6.07) is 8.44. The molecular weight excluding hydrogens is 316 g/mol. The summed E-state index contributed by atoms with van der Waals surface area (Å²) in [4.78, 5) is 17.2. The third-order valence-corrected chi connectivity index (χ3v) is 5.77. The molecule has 2 saturated heterocycles. The topological polar surface area (TPSA) is 42.0 Å². The lowest BCUT2D eigenvalue weighted by molar-refractivity contribution is -0.128. The van der Waals surface area contributed by atoms with Gasteiger partial charge in [0.1, 0.15) is 5.75 Å². The number of nitrogens with zero attached hydrogens (tertiary/aromatic N) is 2. The van der Waals surface area contributed by atoms with Gasteiger partial charge < -0.3 is 14.4 Å². The van der Waals surface area contributed by atoms with Gasteiger partial charge >= 0.3 is 0 Å². The fraction of sp³-hybridized carbons (Fsp3) is 0.650. The van der Waals surface area contributed by atoms with Gasteiger partial charge in [-0.15, -0.1) is 0 Å². The van der Waals surface area contributed by atoms with Crippen molar-refractivity contribution in [3.8, 4) is 5.75 Å². The molecule has 0 spiro atoms. The third kappa shape index (κ3) is 3.67. The number of rotatable bonds is 5. The fourth-order valence-corrected chi connectivity index (χ4v) is 4.22. The van der Waals surface area contributed by atoms with Gasteiger partial charge in [0.15, 0.2) is 0 Å². The van der Waals surface area contributed by atoms with Crippen molar-refractivity contribution in [1.29, 1.82) is 0 Å². The van der Waals surface area contributed by atoms with Crippen LogP contribution in [0.25, 0.3) is 0 Å². The van der Waals surface area contributed by atoms with E-state index in [9.17, 15) is 4.79 Å². The molecule has 0 N–H and O–H groups in total. The van der Waals surface area contributed by atoms with Gasteiger partial charge in [-0.05, 0) is 56.9 Å². The van der Waals surface area contributed by atoms with Crippen LogP contribution >= 0.6 is 0 Å². The Morgan fingerprint density at radius 1 is 1.12 bits per heavy atom. The molecule has 1 aromatic carbocycles. The summed E-state index contributed by atoms with van der Waals surface area (Å²) >= 11 is 0. The van der Waals surface area contributed by atoms with Crippen molar-refractivity contribution >= 4 is 5.91 Å². The third-order valence-electron chi connectivity index (χ3n) is 5.77. The SMILES string of the molecule is COc1ccc(C(=O)N2CCC([C@H]3[C@@H](OC)CN3C(C)C)CC2)cc1. The summed E-state index contributed by atoms with van der Waals surface area (Å²) in [5, 5.41) is 0. The Hall–Kier alpha value is -1.59. The molecule has 2 atom stereocenters. The normalized spacial score (nSPS) is 25.1. The smallest absolute Gasteiger partial charge is 0.253 e. The van der Waals surface area contributed by atoms with Gasteiger partial charge in [-0.2, -0.15) is 0 Å². The number of likely N-dealkylation sites (tertiary alicyclic amines) is 2. The maximum absolute atomic E-state index is 12.7. The van der Waals surface area contributed by atoms with Crippen molar-refractivity contribution in [2.24, 2.45) is 5.92 Å². The zero-order valence-corrected chi connectivity index (χ0v) is 15.8. The highest BCUT2D eigenvalue weighted by Gasteiger charge is 2.45. The summed E-state index contributed by atoms with van der Waals surface area (Å²) in [5.74, 6) is 1.51. The van der Waals surface area contributed by atoms with Crippen LogP contribution in [0.5, 0.6) is 5.75 Å². The first-order chi connectivity index (χ1) is 12.0. The fourth-order valence-electron chi connectivity index (χ4n) is 4.22. The molecule has 2 aliphatic heterocycles. The summed E-state index contributed by atoms with van der Waals surface area (Å²) in [7, 11) is 3.45. The Morgan fingerprint density at radius 2 is 1.76 bits per heavy atom. The molecule has 138 valence electrons. The first-order valence-electron chi connectivity index (χ1n) is 9.27. The van der Waals surface area contributed by atoms with Crippen LogP contribution < -0.4 is 4.74 Å². The summed E-state index contributed by atoms with van der Waals surface area (Å²) in [6.07, 6.45) is 2.45. The maximum Gasteiger partial charge on any atom is 0.253 e. The number of hydrogen-bond donors (Lipinski definition) is 0. The molecule has 0 aromatic heterocycles. The van der Waals surface area contributed by atoms with Gasteiger partial charge in [0.25, 0.3) is 5.91 Å². The highest BCUT2D eigenvalue weighted by molar-refractivity contribution is 5.94. The number of methoxy groups -OCH3 is 2. The van der Waals surface area contributed by atoms with Crippen LogP contribution in [0.3, 0.4) is 0 Å². The van der Waals surface area contributed by atoms with Crippen molar-refractivity contribution in [1.82, 2.24) is 9.80 Å². The van der Waals surface area contributed by atoms with Crippen LogP contribution in [-0.4, -0.2) is 67.7 Å². The highest BCUT2D eigenvalue weighted by atomic mass is 16.5. The van der Waals surface area contributed by atoms with Crippen LogP contribution in [0.1, 0.15) is 37.0 Å². The zero-order valence-electron chi connectivity index (χ0n) is 15.8. The van der Waals surface area contributed by atoms with Gasteiger partial charge in [0.2, 0.25) is 0 Å². The predicted octanol–water partition coefficient (Wildman–Crippen LogP) is 2.66. The lowest BCUT2D eigenvalue weighted by Crippen LogP contribution is -2.66. The largest absolute Gasteiger partial charge is 0.497 e. The quantitative estimate of drug-likeness (QED) is 0.822. The molecule has 0 saturated carbocycles. The van der Waals surface area contributed by atoms with E-state index in [0.29, 0.717) is 24.1 Å². The Balaban J connectivity index is 1.58. The van der Waals surface area contributed by atoms with Crippen molar-refractivity contribution in [3.05, 3.63) is 29.8 Å². The molecule has 1 amide bonds. The molecule has 5 nitrogen and oxygen atoms in total. The van der Waals surface area contributed by atoms with E-state index < -0.39 is 0 Å². The second kappa shape index (κ2) is 7.75. The minimum Gasteiger partial charge on any atom is -0.497 e. The van der Waals surface area contributed by atoms with Crippen LogP contribution in [0, 0.1) is 5.92 Å². The molecular formula is C20H30N2O3. The van der Waals surface area contributed by atoms with Gasteiger partial charge in [0, 0.05) is 44.4 Å².